The minimum absolute atomic E-state index is 0.204. The zero-order chi connectivity index (χ0) is 13.6. The third-order valence-corrected chi connectivity index (χ3v) is 4.30. The van der Waals surface area contributed by atoms with Crippen molar-refractivity contribution < 1.29 is 24.8 Å². The van der Waals surface area contributed by atoms with Crippen LogP contribution >= 0.6 is 0 Å². The summed E-state index contributed by atoms with van der Waals surface area (Å²) in [6, 6.07) is 0.204. The van der Waals surface area contributed by atoms with E-state index in [-0.39, 0.29) is 11.5 Å². The van der Waals surface area contributed by atoms with E-state index in [0.29, 0.717) is 25.8 Å². The zero-order valence-corrected chi connectivity index (χ0v) is 10.6. The molecule has 2 heterocycles. The normalized spacial score (nSPS) is 40.8. The lowest BCUT2D eigenvalue weighted by Gasteiger charge is -2.27. The Hall–Kier alpha value is -0.270. The summed E-state index contributed by atoms with van der Waals surface area (Å²) in [5.74, 6) is -1.66. The van der Waals surface area contributed by atoms with Crippen molar-refractivity contribution in [2.45, 2.75) is 63.4 Å². The fourth-order valence-corrected chi connectivity index (χ4v) is 2.97. The predicted octanol–water partition coefficient (Wildman–Crippen LogP) is -0.0718. The van der Waals surface area contributed by atoms with Crippen molar-refractivity contribution in [3.05, 3.63) is 0 Å². The molecular formula is C12H22FNO4. The van der Waals surface area contributed by atoms with Crippen LogP contribution in [0.15, 0.2) is 0 Å². The maximum absolute atomic E-state index is 13.0. The van der Waals surface area contributed by atoms with Crippen molar-refractivity contribution in [2.24, 2.45) is 5.41 Å². The molecule has 0 aromatic rings. The molecule has 6 heteroatoms. The lowest BCUT2D eigenvalue weighted by molar-refractivity contribution is -0.246. The van der Waals surface area contributed by atoms with Gasteiger partial charge < -0.3 is 20.4 Å². The van der Waals surface area contributed by atoms with Crippen molar-refractivity contribution >= 4 is 0 Å². The number of hydrogen-bond acceptors (Lipinski definition) is 5. The van der Waals surface area contributed by atoms with E-state index in [9.17, 15) is 14.6 Å². The third-order valence-electron chi connectivity index (χ3n) is 4.30. The first-order valence-electron chi connectivity index (χ1n) is 6.52. The first kappa shape index (κ1) is 14.1. The van der Waals surface area contributed by atoms with Gasteiger partial charge in [-0.15, -0.1) is 0 Å². The Labute approximate surface area is 106 Å². The van der Waals surface area contributed by atoms with E-state index in [2.05, 4.69) is 0 Å². The first-order chi connectivity index (χ1) is 8.31. The van der Waals surface area contributed by atoms with Crippen LogP contribution in [0.1, 0.15) is 39.0 Å². The first-order valence-corrected chi connectivity index (χ1v) is 6.52. The van der Waals surface area contributed by atoms with Crippen LogP contribution in [0.4, 0.5) is 4.39 Å². The average molecular weight is 263 g/mol. The Balaban J connectivity index is 0.000000209. The Morgan fingerprint density at radius 3 is 2.28 bits per heavy atom. The van der Waals surface area contributed by atoms with E-state index in [1.54, 1.807) is 11.8 Å². The van der Waals surface area contributed by atoms with Gasteiger partial charge in [-0.3, -0.25) is 0 Å². The van der Waals surface area contributed by atoms with Crippen LogP contribution in [0.3, 0.4) is 0 Å². The Bertz CT molecular complexity index is 312. The molecule has 0 aromatic carbocycles. The van der Waals surface area contributed by atoms with Crippen LogP contribution in [0.25, 0.3) is 0 Å². The van der Waals surface area contributed by atoms with E-state index in [0.717, 1.165) is 12.8 Å². The van der Waals surface area contributed by atoms with Crippen LogP contribution in [0.2, 0.25) is 0 Å². The Morgan fingerprint density at radius 2 is 1.89 bits per heavy atom. The largest absolute Gasteiger partial charge is 0.368 e. The fraction of sp³-hybridized carbons (Fsp3) is 1.00. The van der Waals surface area contributed by atoms with Gasteiger partial charge in [0, 0.05) is 24.4 Å². The van der Waals surface area contributed by atoms with Gasteiger partial charge in [-0.25, -0.2) is 9.29 Å². The van der Waals surface area contributed by atoms with Gasteiger partial charge in [0.25, 0.3) is 0 Å². The summed E-state index contributed by atoms with van der Waals surface area (Å²) in [4.78, 5) is 1.67. The van der Waals surface area contributed by atoms with Crippen molar-refractivity contribution in [1.29, 1.82) is 0 Å². The average Bonchev–Trinajstić information content (AvgIpc) is 2.65. The summed E-state index contributed by atoms with van der Waals surface area (Å²) in [6.45, 7) is 2.23. The molecule has 1 spiro atoms. The van der Waals surface area contributed by atoms with Gasteiger partial charge in [0.05, 0.1) is 0 Å². The number of aliphatic hydroxyl groups is 4. The highest BCUT2D eigenvalue weighted by Crippen LogP contribution is 2.60. The van der Waals surface area contributed by atoms with Gasteiger partial charge in [0.1, 0.15) is 6.17 Å². The number of alkyl halides is 1. The Kier molecular flexibility index (Phi) is 3.68. The zero-order valence-electron chi connectivity index (χ0n) is 10.6. The smallest absolute Gasteiger partial charge is 0.225 e. The predicted molar refractivity (Wildman–Crippen MR) is 62.0 cm³/mol. The molecule has 0 aromatic heterocycles. The highest BCUT2D eigenvalue weighted by molar-refractivity contribution is 5.14. The second-order valence-electron chi connectivity index (χ2n) is 5.72. The van der Waals surface area contributed by atoms with Crippen LogP contribution in [0.5, 0.6) is 0 Å². The second-order valence-corrected chi connectivity index (χ2v) is 5.72. The highest BCUT2D eigenvalue weighted by Gasteiger charge is 2.65. The number of hydrogen-bond donors (Lipinski definition) is 4. The maximum atomic E-state index is 13.0. The molecule has 18 heavy (non-hydrogen) atoms. The molecule has 2 aliphatic heterocycles. The number of rotatable bonds is 1. The van der Waals surface area contributed by atoms with E-state index < -0.39 is 18.4 Å². The summed E-state index contributed by atoms with van der Waals surface area (Å²) >= 11 is 0. The minimum Gasteiger partial charge on any atom is -0.368 e. The molecule has 0 amide bonds. The standard InChI is InChI=1S/C9H14FNO2.C3H8O2/c10-7-4-8(7)3-6-1-2-9(12,13)11(6)5-8;1-2-3(4)5/h6-7,12-13H,1-5H2;3-5H,2H2,1H3/t6?,7?,8-;/m1./s1. The van der Waals surface area contributed by atoms with Crippen molar-refractivity contribution in [1.82, 2.24) is 4.90 Å². The fourth-order valence-electron chi connectivity index (χ4n) is 2.97. The Morgan fingerprint density at radius 1 is 1.33 bits per heavy atom. The van der Waals surface area contributed by atoms with Gasteiger partial charge >= 0.3 is 0 Å². The van der Waals surface area contributed by atoms with E-state index in [4.69, 9.17) is 10.2 Å². The second kappa shape index (κ2) is 4.68. The van der Waals surface area contributed by atoms with Crippen LogP contribution in [-0.4, -0.2) is 56.3 Å². The summed E-state index contributed by atoms with van der Waals surface area (Å²) in [7, 11) is 0. The van der Waals surface area contributed by atoms with Gasteiger partial charge in [-0.1, -0.05) is 6.92 Å². The monoisotopic (exact) mass is 263 g/mol. The SMILES string of the molecule is CCC(O)O.OC1(O)CCC2C[C@@]3(CC3F)CN21. The van der Waals surface area contributed by atoms with Gasteiger partial charge in [-0.05, 0) is 25.7 Å². The van der Waals surface area contributed by atoms with Gasteiger partial charge in [0.15, 0.2) is 6.29 Å². The summed E-state index contributed by atoms with van der Waals surface area (Å²) in [6.07, 6.45) is 1.24. The molecule has 3 rings (SSSR count). The number of aliphatic hydroxyl groups excluding tert-OH is 1. The molecule has 3 aliphatic rings. The third kappa shape index (κ3) is 2.53. The molecule has 106 valence electrons. The van der Waals surface area contributed by atoms with Crippen LogP contribution in [-0.2, 0) is 0 Å². The molecule has 4 N–H and O–H groups in total. The molecule has 2 unspecified atom stereocenters. The van der Waals surface area contributed by atoms with E-state index >= 15 is 0 Å². The lowest BCUT2D eigenvalue weighted by atomic mass is 10.0. The maximum Gasteiger partial charge on any atom is 0.225 e. The molecule has 0 radical (unpaired) electrons. The molecule has 1 aliphatic carbocycles. The molecule has 3 fully saturated rings. The molecule has 2 saturated heterocycles. The number of nitrogens with zero attached hydrogens (tertiary/aromatic N) is 1. The van der Waals surface area contributed by atoms with E-state index in [1.807, 2.05) is 0 Å². The summed E-state index contributed by atoms with van der Waals surface area (Å²) < 4.78 is 13.0. The minimum atomic E-state index is -1.66. The molecule has 1 saturated carbocycles. The van der Waals surface area contributed by atoms with Crippen molar-refractivity contribution in [2.75, 3.05) is 6.54 Å². The van der Waals surface area contributed by atoms with Crippen molar-refractivity contribution in [3.8, 4) is 0 Å². The topological polar surface area (TPSA) is 84.2 Å². The van der Waals surface area contributed by atoms with Gasteiger partial charge in [0.2, 0.25) is 5.91 Å². The quantitative estimate of drug-likeness (QED) is 0.498. The van der Waals surface area contributed by atoms with Crippen LogP contribution in [0, 0.1) is 5.41 Å². The summed E-state index contributed by atoms with van der Waals surface area (Å²) in [5.41, 5.74) is -0.207. The molecule has 0 bridgehead atoms. The van der Waals surface area contributed by atoms with Crippen LogP contribution < -0.4 is 0 Å². The van der Waals surface area contributed by atoms with Crippen molar-refractivity contribution in [3.63, 3.8) is 0 Å². The lowest BCUT2D eigenvalue weighted by Crippen LogP contribution is -2.45. The number of halogens is 1. The number of fused-ring (bicyclic) bond motifs is 1. The summed E-state index contributed by atoms with van der Waals surface area (Å²) in [5, 5.41) is 35.0. The van der Waals surface area contributed by atoms with Gasteiger partial charge in [-0.2, -0.15) is 0 Å². The highest BCUT2D eigenvalue weighted by atomic mass is 19.1. The molecule has 5 nitrogen and oxygen atoms in total. The van der Waals surface area contributed by atoms with E-state index in [1.165, 1.54) is 0 Å². The molecule has 3 atom stereocenters. The molecular weight excluding hydrogens is 241 g/mol.